The first kappa shape index (κ1) is 20.7. The zero-order valence-corrected chi connectivity index (χ0v) is 19.8. The fraction of sp³-hybridized carbons (Fsp3) is 0.0385. The quantitative estimate of drug-likeness (QED) is 0.245. The van der Waals surface area contributed by atoms with Gasteiger partial charge in [0.25, 0.3) is 0 Å². The normalized spacial score (nSPS) is 11.7. The van der Waals surface area contributed by atoms with Crippen LogP contribution in [0, 0.1) is 0 Å². The van der Waals surface area contributed by atoms with Crippen molar-refractivity contribution >= 4 is 67.9 Å². The number of pyridine rings is 1. The molecule has 0 amide bonds. The minimum absolute atomic E-state index is 0.548. The molecule has 5 rings (SSSR count). The molecule has 5 aromatic rings. The second-order valence-corrected chi connectivity index (χ2v) is 12.8. The second kappa shape index (κ2) is 8.73. The van der Waals surface area contributed by atoms with Crippen LogP contribution in [-0.4, -0.2) is 4.98 Å². The Morgan fingerprint density at radius 3 is 1.61 bits per heavy atom. The Bertz CT molecular complexity index is 1220. The summed E-state index contributed by atoms with van der Waals surface area (Å²) in [5, 5.41) is 4.56. The molecule has 0 aliphatic heterocycles. The van der Waals surface area contributed by atoms with Gasteiger partial charge in [0, 0.05) is 0 Å². The van der Waals surface area contributed by atoms with Gasteiger partial charge in [-0.05, 0) is 48.5 Å². The molecular weight excluding hydrogens is 460 g/mol. The number of thiophene rings is 1. The summed E-state index contributed by atoms with van der Waals surface area (Å²) in [6, 6.07) is 36.7. The van der Waals surface area contributed by atoms with Crippen LogP contribution in [0.4, 0.5) is 0 Å². The number of rotatable bonds is 5. The van der Waals surface area contributed by atoms with E-state index in [1.807, 2.05) is 0 Å². The lowest BCUT2D eigenvalue weighted by molar-refractivity contribution is 1.22. The number of nitrogens with zero attached hydrogens (tertiary/aromatic N) is 1. The van der Waals surface area contributed by atoms with Crippen LogP contribution in [0.2, 0.25) is 9.36 Å². The van der Waals surface area contributed by atoms with Gasteiger partial charge in [-0.2, -0.15) is 0 Å². The number of hydrogen-bond donors (Lipinski definition) is 0. The fourth-order valence-corrected chi connectivity index (χ4v) is 9.62. The van der Waals surface area contributed by atoms with E-state index in [0.717, 1.165) is 22.1 Å². The van der Waals surface area contributed by atoms with Gasteiger partial charge < -0.3 is 0 Å². The highest BCUT2D eigenvalue weighted by atomic mass is 35.5. The molecule has 0 bridgehead atoms. The Morgan fingerprint density at radius 2 is 1.13 bits per heavy atom. The molecule has 0 spiro atoms. The van der Waals surface area contributed by atoms with Crippen LogP contribution >= 0.6 is 41.8 Å². The topological polar surface area (TPSA) is 12.9 Å². The van der Waals surface area contributed by atoms with Gasteiger partial charge in [-0.1, -0.05) is 77.8 Å². The van der Waals surface area contributed by atoms with Crippen molar-refractivity contribution in [2.75, 3.05) is 0 Å². The molecule has 1 nitrogen and oxygen atoms in total. The van der Waals surface area contributed by atoms with E-state index in [2.05, 4.69) is 103 Å². The SMILES string of the molecule is Clc1sc2ccc(C[P+](c3ccccc3)(c3ccccc3)c3ccccc3)nc2c1Cl. The predicted octanol–water partition coefficient (Wildman–Crippen LogP) is 7.10. The summed E-state index contributed by atoms with van der Waals surface area (Å²) in [6.07, 6.45) is 0.810. The molecular formula is C26H19Cl2NPS+. The highest BCUT2D eigenvalue weighted by Crippen LogP contribution is 2.58. The maximum Gasteiger partial charge on any atom is 0.118 e. The first-order valence-corrected chi connectivity index (χ1v) is 13.5. The van der Waals surface area contributed by atoms with Crippen molar-refractivity contribution in [2.45, 2.75) is 6.16 Å². The van der Waals surface area contributed by atoms with E-state index in [1.165, 1.54) is 27.3 Å². The molecule has 31 heavy (non-hydrogen) atoms. The lowest BCUT2D eigenvalue weighted by Gasteiger charge is -2.27. The maximum absolute atomic E-state index is 6.46. The van der Waals surface area contributed by atoms with Crippen LogP contribution in [-0.2, 0) is 6.16 Å². The molecule has 0 atom stereocenters. The van der Waals surface area contributed by atoms with Gasteiger partial charge >= 0.3 is 0 Å². The van der Waals surface area contributed by atoms with Crippen LogP contribution in [0.3, 0.4) is 0 Å². The van der Waals surface area contributed by atoms with Crippen molar-refractivity contribution < 1.29 is 0 Å². The van der Waals surface area contributed by atoms with Crippen LogP contribution in [0.25, 0.3) is 10.2 Å². The highest BCUT2D eigenvalue weighted by molar-refractivity contribution is 7.95. The van der Waals surface area contributed by atoms with Gasteiger partial charge in [0.2, 0.25) is 0 Å². The Labute approximate surface area is 196 Å². The summed E-state index contributed by atoms with van der Waals surface area (Å²) >= 11 is 14.2. The van der Waals surface area contributed by atoms with Crippen molar-refractivity contribution in [3.8, 4) is 0 Å². The van der Waals surface area contributed by atoms with Crippen molar-refractivity contribution in [2.24, 2.45) is 0 Å². The van der Waals surface area contributed by atoms with Crippen molar-refractivity contribution in [1.29, 1.82) is 0 Å². The first-order valence-electron chi connectivity index (χ1n) is 9.97. The summed E-state index contributed by atoms with van der Waals surface area (Å²) in [5.74, 6) is 0. The minimum atomic E-state index is -2.00. The Kier molecular flexibility index (Phi) is 5.82. The molecule has 0 radical (unpaired) electrons. The molecule has 2 heterocycles. The monoisotopic (exact) mass is 478 g/mol. The molecule has 0 fully saturated rings. The number of halogens is 2. The smallest absolute Gasteiger partial charge is 0.118 e. The maximum atomic E-state index is 6.46. The lowest BCUT2D eigenvalue weighted by atomic mass is 10.3. The van der Waals surface area contributed by atoms with Crippen LogP contribution < -0.4 is 15.9 Å². The van der Waals surface area contributed by atoms with Crippen molar-refractivity contribution in [3.63, 3.8) is 0 Å². The van der Waals surface area contributed by atoms with E-state index in [1.54, 1.807) is 0 Å². The Morgan fingerprint density at radius 1 is 0.645 bits per heavy atom. The van der Waals surface area contributed by atoms with E-state index in [9.17, 15) is 0 Å². The molecule has 3 aromatic carbocycles. The molecule has 5 heteroatoms. The highest BCUT2D eigenvalue weighted by Gasteiger charge is 2.45. The van der Waals surface area contributed by atoms with Crippen molar-refractivity contribution in [1.82, 2.24) is 4.98 Å². The van der Waals surface area contributed by atoms with E-state index in [-0.39, 0.29) is 0 Å². The summed E-state index contributed by atoms with van der Waals surface area (Å²) in [7, 11) is -2.00. The van der Waals surface area contributed by atoms with E-state index < -0.39 is 7.26 Å². The zero-order valence-electron chi connectivity index (χ0n) is 16.6. The summed E-state index contributed by atoms with van der Waals surface area (Å²) in [5.41, 5.74) is 1.82. The van der Waals surface area contributed by atoms with Gasteiger partial charge in [0.1, 0.15) is 39.2 Å². The average Bonchev–Trinajstić information content (AvgIpc) is 3.12. The Balaban J connectivity index is 1.77. The van der Waals surface area contributed by atoms with E-state index in [4.69, 9.17) is 28.2 Å². The third-order valence-corrected chi connectivity index (χ3v) is 11.8. The average molecular weight is 479 g/mol. The lowest BCUT2D eigenvalue weighted by Crippen LogP contribution is -2.32. The van der Waals surface area contributed by atoms with Gasteiger partial charge in [-0.25, -0.2) is 4.98 Å². The Hall–Kier alpha value is -2.22. The molecule has 0 aliphatic rings. The molecule has 0 saturated heterocycles. The van der Waals surface area contributed by atoms with Crippen LogP contribution in [0.15, 0.2) is 103 Å². The second-order valence-electron chi connectivity index (χ2n) is 7.31. The third-order valence-electron chi connectivity index (χ3n) is 5.49. The molecule has 152 valence electrons. The number of hydrogen-bond acceptors (Lipinski definition) is 2. The number of benzene rings is 3. The number of fused-ring (bicyclic) bond motifs is 1. The van der Waals surface area contributed by atoms with Gasteiger partial charge in [0.15, 0.2) is 0 Å². The summed E-state index contributed by atoms with van der Waals surface area (Å²) < 4.78 is 1.61. The number of aromatic nitrogens is 1. The first-order chi connectivity index (χ1) is 15.2. The largest absolute Gasteiger partial charge is 0.246 e. The zero-order chi connectivity index (χ0) is 21.3. The van der Waals surface area contributed by atoms with Crippen molar-refractivity contribution in [3.05, 3.63) is 118 Å². The van der Waals surface area contributed by atoms with Crippen LogP contribution in [0.5, 0.6) is 0 Å². The minimum Gasteiger partial charge on any atom is -0.246 e. The summed E-state index contributed by atoms with van der Waals surface area (Å²) in [4.78, 5) is 4.98. The third kappa shape index (κ3) is 3.79. The molecule has 0 saturated carbocycles. The van der Waals surface area contributed by atoms with Crippen LogP contribution in [0.1, 0.15) is 5.69 Å². The predicted molar refractivity (Wildman–Crippen MR) is 138 cm³/mol. The van der Waals surface area contributed by atoms with Gasteiger partial charge in [-0.3, -0.25) is 0 Å². The fourth-order valence-electron chi connectivity index (χ4n) is 4.06. The molecule has 2 aromatic heterocycles. The van der Waals surface area contributed by atoms with Gasteiger partial charge in [-0.15, -0.1) is 11.3 Å². The van der Waals surface area contributed by atoms with E-state index >= 15 is 0 Å². The van der Waals surface area contributed by atoms with Gasteiger partial charge in [0.05, 0.1) is 15.4 Å². The van der Waals surface area contributed by atoms with E-state index in [0.29, 0.717) is 9.36 Å². The molecule has 0 aliphatic carbocycles. The molecule has 0 unspecified atom stereocenters. The molecule has 0 N–H and O–H groups in total. The standard InChI is InChI=1S/C26H19Cl2NPS/c27-24-25-23(31-26(24)28)17-16-19(29-25)18-30(20-10-4-1-5-11-20,21-12-6-2-7-13-21)22-14-8-3-9-15-22/h1-17H,18H2/q+1. The summed E-state index contributed by atoms with van der Waals surface area (Å²) in [6.45, 7) is 0.